The van der Waals surface area contributed by atoms with E-state index in [4.69, 9.17) is 18.9 Å². The first-order valence-electron chi connectivity index (χ1n) is 13.8. The molecule has 2 rings (SSSR count). The number of hydrogen-bond acceptors (Lipinski definition) is 10. The van der Waals surface area contributed by atoms with E-state index in [1.807, 2.05) is 6.07 Å². The molecule has 0 atom stereocenters. The molecule has 0 bridgehead atoms. The number of aliphatic hydroxyl groups excluding tert-OH is 1. The van der Waals surface area contributed by atoms with Gasteiger partial charge in [-0.25, -0.2) is 0 Å². The van der Waals surface area contributed by atoms with E-state index >= 15 is 0 Å². The van der Waals surface area contributed by atoms with Crippen LogP contribution in [0, 0.1) is 0 Å². The Hall–Kier alpha value is -3.76. The van der Waals surface area contributed by atoms with E-state index in [-0.39, 0.29) is 26.4 Å². The van der Waals surface area contributed by atoms with Gasteiger partial charge in [0.1, 0.15) is 0 Å². The fourth-order valence-electron chi connectivity index (χ4n) is 3.49. The summed E-state index contributed by atoms with van der Waals surface area (Å²) in [7, 11) is 0. The van der Waals surface area contributed by atoms with Crippen LogP contribution in [0.5, 0.6) is 0 Å². The van der Waals surface area contributed by atoms with Gasteiger partial charge in [-0.1, -0.05) is 74.5 Å². The Morgan fingerprint density at radius 1 is 0.659 bits per heavy atom. The summed E-state index contributed by atoms with van der Waals surface area (Å²) in [5, 5.41) is 12.7. The van der Waals surface area contributed by atoms with Gasteiger partial charge in [0.25, 0.3) is 0 Å². The molecule has 2 aromatic carbocycles. The summed E-state index contributed by atoms with van der Waals surface area (Å²) in [5.41, 5.74) is -0.869. The first kappa shape index (κ1) is 37.2. The van der Waals surface area contributed by atoms with Crippen molar-refractivity contribution < 1.29 is 43.2 Å². The maximum Gasteiger partial charge on any atom is 0.330 e. The summed E-state index contributed by atoms with van der Waals surface area (Å²) in [6, 6.07) is 17.0. The molecule has 0 radical (unpaired) electrons. The molecule has 0 aliphatic carbocycles. The Bertz CT molecular complexity index is 975. The van der Waals surface area contributed by atoms with E-state index in [0.29, 0.717) is 11.1 Å². The molecule has 0 unspecified atom stereocenters. The van der Waals surface area contributed by atoms with E-state index in [0.717, 1.165) is 13.1 Å². The predicted molar refractivity (Wildman–Crippen MR) is 155 cm³/mol. The van der Waals surface area contributed by atoms with Gasteiger partial charge >= 0.3 is 23.9 Å². The predicted octanol–water partition coefficient (Wildman–Crippen LogP) is 3.56. The quantitative estimate of drug-likeness (QED) is 0.207. The maximum absolute atomic E-state index is 12.1. The van der Waals surface area contributed by atoms with Crippen LogP contribution in [0.25, 0.3) is 0 Å². The molecule has 0 saturated carbocycles. The Labute approximate surface area is 243 Å². The normalized spacial score (nSPS) is 10.2. The third kappa shape index (κ3) is 12.1. The van der Waals surface area contributed by atoms with Crippen LogP contribution in [0.4, 0.5) is 0 Å². The monoisotopic (exact) mass is 575 g/mol. The van der Waals surface area contributed by atoms with Gasteiger partial charge in [-0.15, -0.1) is 0 Å². The second-order valence-electron chi connectivity index (χ2n) is 8.18. The van der Waals surface area contributed by atoms with E-state index in [1.165, 1.54) is 0 Å². The zero-order valence-electron chi connectivity index (χ0n) is 25.0. The highest BCUT2D eigenvalue weighted by molar-refractivity contribution is 6.06. The Balaban J connectivity index is 0.000000673. The summed E-state index contributed by atoms with van der Waals surface area (Å²) < 4.78 is 19.6. The minimum atomic E-state index is -1.81. The maximum atomic E-state index is 12.1. The van der Waals surface area contributed by atoms with Crippen LogP contribution < -0.4 is 5.32 Å². The highest BCUT2D eigenvalue weighted by Gasteiger charge is 2.50. The molecule has 0 aliphatic rings. The van der Waals surface area contributed by atoms with Crippen molar-refractivity contribution in [1.29, 1.82) is 0 Å². The Kier molecular flexibility index (Phi) is 20.0. The van der Waals surface area contributed by atoms with Crippen LogP contribution in [0.1, 0.15) is 58.6 Å². The van der Waals surface area contributed by atoms with Gasteiger partial charge in [0.2, 0.25) is 5.41 Å². The minimum absolute atomic E-state index is 0.118. The van der Waals surface area contributed by atoms with Crippen molar-refractivity contribution >= 4 is 23.9 Å². The van der Waals surface area contributed by atoms with Gasteiger partial charge in [-0.05, 0) is 51.9 Å². The largest absolute Gasteiger partial charge is 0.465 e. The van der Waals surface area contributed by atoms with Crippen molar-refractivity contribution in [3.05, 3.63) is 71.8 Å². The number of esters is 4. The fraction of sp³-hybridized carbons (Fsp3) is 0.484. The molecule has 10 heteroatoms. The number of ether oxygens (including phenoxy) is 4. The lowest BCUT2D eigenvalue weighted by Crippen LogP contribution is -2.49. The lowest BCUT2D eigenvalue weighted by atomic mass is 9.81. The Morgan fingerprint density at radius 3 is 1.37 bits per heavy atom. The van der Waals surface area contributed by atoms with E-state index in [2.05, 4.69) is 19.2 Å². The average molecular weight is 576 g/mol. The minimum Gasteiger partial charge on any atom is -0.465 e. The van der Waals surface area contributed by atoms with Gasteiger partial charge in [0.15, 0.2) is 5.92 Å². The van der Waals surface area contributed by atoms with Gasteiger partial charge in [-0.3, -0.25) is 19.2 Å². The number of carbonyl (C=O) groups excluding carboxylic acids is 4. The van der Waals surface area contributed by atoms with Crippen molar-refractivity contribution in [2.24, 2.45) is 0 Å². The van der Waals surface area contributed by atoms with E-state index in [9.17, 15) is 24.3 Å². The Morgan fingerprint density at radius 2 is 1.05 bits per heavy atom. The van der Waals surface area contributed by atoms with Crippen molar-refractivity contribution in [2.45, 2.75) is 52.9 Å². The number of benzene rings is 2. The number of aliphatic hydroxyl groups is 1. The average Bonchev–Trinajstić information content (AvgIpc) is 2.97. The number of rotatable bonds is 13. The fourth-order valence-corrected chi connectivity index (χ4v) is 3.49. The zero-order chi connectivity index (χ0) is 31.1. The summed E-state index contributed by atoms with van der Waals surface area (Å²) in [5.74, 6) is -3.74. The molecule has 0 heterocycles. The first-order valence-corrected chi connectivity index (χ1v) is 13.8. The van der Waals surface area contributed by atoms with Crippen molar-refractivity contribution in [3.8, 4) is 0 Å². The van der Waals surface area contributed by atoms with Crippen LogP contribution >= 0.6 is 0 Å². The molecule has 0 fully saturated rings. The summed E-state index contributed by atoms with van der Waals surface area (Å²) in [4.78, 5) is 47.7. The van der Waals surface area contributed by atoms with Crippen LogP contribution in [-0.2, 0) is 43.5 Å². The van der Waals surface area contributed by atoms with Crippen molar-refractivity contribution in [1.82, 2.24) is 5.32 Å². The molecule has 2 aromatic rings. The summed E-state index contributed by atoms with van der Waals surface area (Å²) in [6.45, 7) is 13.1. The van der Waals surface area contributed by atoms with Crippen LogP contribution in [0.3, 0.4) is 0 Å². The summed E-state index contributed by atoms with van der Waals surface area (Å²) >= 11 is 0. The van der Waals surface area contributed by atoms with Crippen LogP contribution in [0.2, 0.25) is 0 Å². The molecule has 0 aromatic heterocycles. The molecule has 0 spiro atoms. The molecule has 0 amide bonds. The SMILES string of the molecule is CCNCC.CCOC(=O)C(C(=O)OCC)c1ccccc1.CCOC(=O)C(CO)(C(=O)OCC)c1ccccc1. The van der Waals surface area contributed by atoms with Crippen LogP contribution in [0.15, 0.2) is 60.7 Å². The standard InChI is InChI=1S/C14H18O5.C13H16O4.C4H11N/c1-3-18-12(16)14(10-15,13(17)19-4-2)11-8-6-5-7-9-11;1-3-16-12(14)11(13(15)17-4-2)10-8-6-5-7-9-10;1-3-5-4-2/h5-9,15H,3-4,10H2,1-2H3;5-9,11H,3-4H2,1-2H3;5H,3-4H2,1-2H3. The van der Waals surface area contributed by atoms with Crippen LogP contribution in [-0.4, -0.2) is 75.1 Å². The van der Waals surface area contributed by atoms with Gasteiger partial charge < -0.3 is 29.4 Å². The lowest BCUT2D eigenvalue weighted by Gasteiger charge is -2.27. The second kappa shape index (κ2) is 22.0. The van der Waals surface area contributed by atoms with E-state index in [1.54, 1.807) is 82.3 Å². The molecule has 0 aliphatic heterocycles. The van der Waals surface area contributed by atoms with E-state index < -0.39 is 41.8 Å². The number of carbonyl (C=O) groups is 4. The molecule has 41 heavy (non-hydrogen) atoms. The number of hydrogen-bond donors (Lipinski definition) is 2. The molecular formula is C31H45NO9. The molecule has 10 nitrogen and oxygen atoms in total. The smallest absolute Gasteiger partial charge is 0.330 e. The van der Waals surface area contributed by atoms with Gasteiger partial charge in [0, 0.05) is 0 Å². The molecule has 0 saturated heterocycles. The zero-order valence-corrected chi connectivity index (χ0v) is 25.0. The molecule has 2 N–H and O–H groups in total. The molecular weight excluding hydrogens is 530 g/mol. The number of nitrogens with one attached hydrogen (secondary N) is 1. The molecule has 228 valence electrons. The van der Waals surface area contributed by atoms with Gasteiger partial charge in [0.05, 0.1) is 33.0 Å². The second-order valence-corrected chi connectivity index (χ2v) is 8.18. The third-order valence-corrected chi connectivity index (χ3v) is 5.43. The topological polar surface area (TPSA) is 137 Å². The highest BCUT2D eigenvalue weighted by Crippen LogP contribution is 2.27. The van der Waals surface area contributed by atoms with Crippen molar-refractivity contribution in [2.75, 3.05) is 46.1 Å². The van der Waals surface area contributed by atoms with Gasteiger partial charge in [-0.2, -0.15) is 0 Å². The third-order valence-electron chi connectivity index (χ3n) is 5.43. The lowest BCUT2D eigenvalue weighted by molar-refractivity contribution is -0.167. The summed E-state index contributed by atoms with van der Waals surface area (Å²) in [6.07, 6.45) is 0. The van der Waals surface area contributed by atoms with Crippen molar-refractivity contribution in [3.63, 3.8) is 0 Å². The highest BCUT2D eigenvalue weighted by atomic mass is 16.6. The first-order chi connectivity index (χ1) is 19.7.